The summed E-state index contributed by atoms with van der Waals surface area (Å²) in [5.41, 5.74) is 7.10. The van der Waals surface area contributed by atoms with Gasteiger partial charge in [-0.25, -0.2) is 0 Å². The maximum absolute atomic E-state index is 12.5. The summed E-state index contributed by atoms with van der Waals surface area (Å²) in [6, 6.07) is 9.12. The average Bonchev–Trinajstić information content (AvgIpc) is 2.96. The number of hydrogen-bond donors (Lipinski definition) is 1. The standard InChI is InChI=1S/C16H14N2O2S/c1-2-7-18-13-6-5-11(17)9-14(13)20-15(16(18)19)10-12-4-3-8-21-12/h2-6,8-10H,1,7,17H2/b15-10+. The van der Waals surface area contributed by atoms with Gasteiger partial charge in [-0.15, -0.1) is 17.9 Å². The van der Waals surface area contributed by atoms with E-state index in [1.54, 1.807) is 46.6 Å². The Hall–Kier alpha value is -2.53. The predicted octanol–water partition coefficient (Wildman–Crippen LogP) is 3.28. The summed E-state index contributed by atoms with van der Waals surface area (Å²) in [7, 11) is 0. The molecule has 1 aliphatic rings. The molecular formula is C16H14N2O2S. The first-order valence-corrected chi connectivity index (χ1v) is 7.32. The number of nitrogens with two attached hydrogens (primary N) is 1. The normalized spacial score (nSPS) is 15.7. The van der Waals surface area contributed by atoms with Crippen molar-refractivity contribution < 1.29 is 9.53 Å². The van der Waals surface area contributed by atoms with Crippen molar-refractivity contribution >= 4 is 34.7 Å². The van der Waals surface area contributed by atoms with Crippen molar-refractivity contribution in [2.24, 2.45) is 0 Å². The summed E-state index contributed by atoms with van der Waals surface area (Å²) in [6.07, 6.45) is 3.43. The maximum Gasteiger partial charge on any atom is 0.294 e. The minimum atomic E-state index is -0.180. The van der Waals surface area contributed by atoms with E-state index in [-0.39, 0.29) is 11.7 Å². The van der Waals surface area contributed by atoms with Crippen LogP contribution < -0.4 is 15.4 Å². The molecule has 1 aromatic heterocycles. The summed E-state index contributed by atoms with van der Waals surface area (Å²) < 4.78 is 5.74. The molecule has 1 aliphatic heterocycles. The number of hydrogen-bond acceptors (Lipinski definition) is 4. The van der Waals surface area contributed by atoms with Gasteiger partial charge in [0.25, 0.3) is 5.91 Å². The number of carbonyl (C=O) groups is 1. The first-order chi connectivity index (χ1) is 10.2. The van der Waals surface area contributed by atoms with Gasteiger partial charge in [0.1, 0.15) is 0 Å². The number of amides is 1. The van der Waals surface area contributed by atoms with Gasteiger partial charge in [0.05, 0.1) is 5.69 Å². The molecule has 4 nitrogen and oxygen atoms in total. The third-order valence-corrected chi connectivity index (χ3v) is 3.90. The number of anilines is 2. The minimum absolute atomic E-state index is 0.180. The summed E-state index contributed by atoms with van der Waals surface area (Å²) in [6.45, 7) is 4.12. The van der Waals surface area contributed by atoms with E-state index in [9.17, 15) is 4.79 Å². The largest absolute Gasteiger partial charge is 0.449 e. The molecule has 2 aromatic rings. The number of rotatable bonds is 3. The van der Waals surface area contributed by atoms with Crippen LogP contribution >= 0.6 is 11.3 Å². The van der Waals surface area contributed by atoms with Crippen LogP contribution in [0.5, 0.6) is 5.75 Å². The van der Waals surface area contributed by atoms with Gasteiger partial charge in [-0.1, -0.05) is 12.1 Å². The second-order valence-corrected chi connectivity index (χ2v) is 5.54. The van der Waals surface area contributed by atoms with E-state index in [2.05, 4.69) is 6.58 Å². The van der Waals surface area contributed by atoms with Gasteiger partial charge >= 0.3 is 0 Å². The Morgan fingerprint density at radius 3 is 2.95 bits per heavy atom. The lowest BCUT2D eigenvalue weighted by Crippen LogP contribution is -2.37. The molecule has 0 fully saturated rings. The van der Waals surface area contributed by atoms with Gasteiger partial charge < -0.3 is 10.5 Å². The highest BCUT2D eigenvalue weighted by Gasteiger charge is 2.29. The SMILES string of the molecule is C=CCN1C(=O)/C(=C\c2cccs2)Oc2cc(N)ccc21. The van der Waals surface area contributed by atoms with Crippen molar-refractivity contribution in [1.29, 1.82) is 0 Å². The van der Waals surface area contributed by atoms with Crippen molar-refractivity contribution in [3.63, 3.8) is 0 Å². The van der Waals surface area contributed by atoms with E-state index in [4.69, 9.17) is 10.5 Å². The zero-order valence-electron chi connectivity index (χ0n) is 11.3. The topological polar surface area (TPSA) is 55.6 Å². The molecule has 1 aromatic carbocycles. The van der Waals surface area contributed by atoms with Crippen molar-refractivity contribution in [3.8, 4) is 5.75 Å². The average molecular weight is 298 g/mol. The molecule has 3 rings (SSSR count). The molecule has 0 aliphatic carbocycles. The zero-order valence-corrected chi connectivity index (χ0v) is 12.1. The lowest BCUT2D eigenvalue weighted by Gasteiger charge is -2.29. The van der Waals surface area contributed by atoms with Crippen LogP contribution in [0, 0.1) is 0 Å². The van der Waals surface area contributed by atoms with Gasteiger partial charge in [0, 0.05) is 29.3 Å². The van der Waals surface area contributed by atoms with Crippen LogP contribution in [-0.4, -0.2) is 12.5 Å². The molecule has 0 saturated carbocycles. The van der Waals surface area contributed by atoms with E-state index in [1.165, 1.54) is 0 Å². The monoisotopic (exact) mass is 298 g/mol. The molecule has 0 saturated heterocycles. The summed E-state index contributed by atoms with van der Waals surface area (Å²) >= 11 is 1.55. The quantitative estimate of drug-likeness (QED) is 0.537. The zero-order chi connectivity index (χ0) is 14.8. The van der Waals surface area contributed by atoms with Crippen LogP contribution in [0.25, 0.3) is 6.08 Å². The molecule has 0 radical (unpaired) electrons. The smallest absolute Gasteiger partial charge is 0.294 e. The van der Waals surface area contributed by atoms with Crippen molar-refractivity contribution in [1.82, 2.24) is 0 Å². The van der Waals surface area contributed by atoms with E-state index in [0.29, 0.717) is 23.7 Å². The van der Waals surface area contributed by atoms with Gasteiger partial charge in [-0.3, -0.25) is 9.69 Å². The van der Waals surface area contributed by atoms with Gasteiger partial charge in [0.15, 0.2) is 11.5 Å². The molecule has 1 amide bonds. The number of thiophene rings is 1. The van der Waals surface area contributed by atoms with Crippen LogP contribution in [-0.2, 0) is 4.79 Å². The molecule has 2 N–H and O–H groups in total. The van der Waals surface area contributed by atoms with Crippen LogP contribution in [0.2, 0.25) is 0 Å². The van der Waals surface area contributed by atoms with E-state index >= 15 is 0 Å². The van der Waals surface area contributed by atoms with E-state index in [1.807, 2.05) is 17.5 Å². The number of carbonyl (C=O) groups excluding carboxylic acids is 1. The Kier molecular flexibility index (Phi) is 3.50. The van der Waals surface area contributed by atoms with Crippen LogP contribution in [0.15, 0.2) is 54.1 Å². The number of nitrogens with zero attached hydrogens (tertiary/aromatic N) is 1. The second-order valence-electron chi connectivity index (χ2n) is 4.56. The van der Waals surface area contributed by atoms with Crippen LogP contribution in [0.4, 0.5) is 11.4 Å². The number of ether oxygens (including phenoxy) is 1. The fourth-order valence-electron chi connectivity index (χ4n) is 2.14. The van der Waals surface area contributed by atoms with Crippen LogP contribution in [0.3, 0.4) is 0 Å². The van der Waals surface area contributed by atoms with Gasteiger partial charge in [0.2, 0.25) is 0 Å². The summed E-state index contributed by atoms with van der Waals surface area (Å²) in [5, 5.41) is 1.95. The van der Waals surface area contributed by atoms with Crippen molar-refractivity contribution in [2.75, 3.05) is 17.2 Å². The number of nitrogen functional groups attached to an aromatic ring is 1. The third-order valence-electron chi connectivity index (χ3n) is 3.08. The fraction of sp³-hybridized carbons (Fsp3) is 0.0625. The highest BCUT2D eigenvalue weighted by molar-refractivity contribution is 7.10. The summed E-state index contributed by atoms with van der Waals surface area (Å²) in [4.78, 5) is 15.1. The number of fused-ring (bicyclic) bond motifs is 1. The summed E-state index contributed by atoms with van der Waals surface area (Å²) in [5.74, 6) is 0.692. The maximum atomic E-state index is 12.5. The van der Waals surface area contributed by atoms with E-state index < -0.39 is 0 Å². The van der Waals surface area contributed by atoms with E-state index in [0.717, 1.165) is 4.88 Å². The molecule has 0 atom stereocenters. The lowest BCUT2D eigenvalue weighted by atomic mass is 10.2. The Morgan fingerprint density at radius 1 is 1.38 bits per heavy atom. The molecule has 21 heavy (non-hydrogen) atoms. The third kappa shape index (κ3) is 2.55. The van der Waals surface area contributed by atoms with Crippen molar-refractivity contribution in [2.45, 2.75) is 0 Å². The Bertz CT molecular complexity index is 720. The van der Waals surface area contributed by atoms with Crippen molar-refractivity contribution in [3.05, 3.63) is 59.0 Å². The predicted molar refractivity (Wildman–Crippen MR) is 86.3 cm³/mol. The Morgan fingerprint density at radius 2 is 2.24 bits per heavy atom. The molecular weight excluding hydrogens is 284 g/mol. The first kappa shape index (κ1) is 13.5. The minimum Gasteiger partial charge on any atom is -0.449 e. The second kappa shape index (κ2) is 5.46. The molecule has 2 heterocycles. The van der Waals surface area contributed by atoms with Gasteiger partial charge in [-0.05, 0) is 23.6 Å². The number of benzene rings is 1. The lowest BCUT2D eigenvalue weighted by molar-refractivity contribution is -0.117. The fourth-order valence-corrected chi connectivity index (χ4v) is 2.79. The highest BCUT2D eigenvalue weighted by Crippen LogP contribution is 2.37. The Labute approximate surface area is 126 Å². The molecule has 0 spiro atoms. The molecule has 106 valence electrons. The Balaban J connectivity index is 2.06. The van der Waals surface area contributed by atoms with Crippen LogP contribution in [0.1, 0.15) is 4.88 Å². The first-order valence-electron chi connectivity index (χ1n) is 6.44. The van der Waals surface area contributed by atoms with Gasteiger partial charge in [-0.2, -0.15) is 0 Å². The highest BCUT2D eigenvalue weighted by atomic mass is 32.1. The molecule has 5 heteroatoms. The molecule has 0 bridgehead atoms. The molecule has 0 unspecified atom stereocenters.